The average Bonchev–Trinajstić information content (AvgIpc) is 3.10. The Morgan fingerprint density at radius 1 is 0.700 bits per heavy atom. The number of fused-ring (bicyclic) bond motifs is 2. The molecule has 96 valence electrons. The van der Waals surface area contributed by atoms with Crippen LogP contribution in [0.5, 0.6) is 0 Å². The summed E-state index contributed by atoms with van der Waals surface area (Å²) < 4.78 is 7.92. The van der Waals surface area contributed by atoms with Gasteiger partial charge in [-0.3, -0.25) is 0 Å². The van der Waals surface area contributed by atoms with E-state index in [0.29, 0.717) is 0 Å². The van der Waals surface area contributed by atoms with Crippen LogP contribution in [0.1, 0.15) is 22.3 Å². The zero-order valence-electron chi connectivity index (χ0n) is 11.4. The van der Waals surface area contributed by atoms with E-state index in [2.05, 4.69) is 64.9 Å². The van der Waals surface area contributed by atoms with Gasteiger partial charge in [0, 0.05) is 0 Å². The Kier molecular flexibility index (Phi) is 3.04. The second-order valence-electron chi connectivity index (χ2n) is 5.57. The Labute approximate surface area is 127 Å². The van der Waals surface area contributed by atoms with Crippen molar-refractivity contribution in [2.45, 2.75) is 12.8 Å². The quantitative estimate of drug-likeness (QED) is 0.770. The van der Waals surface area contributed by atoms with Gasteiger partial charge in [-0.15, -0.1) is 0 Å². The molecule has 0 spiro atoms. The molecule has 0 N–H and O–H groups in total. The van der Waals surface area contributed by atoms with Crippen molar-refractivity contribution in [1.29, 1.82) is 0 Å². The molecule has 0 saturated heterocycles. The van der Waals surface area contributed by atoms with Crippen molar-refractivity contribution in [1.82, 2.24) is 0 Å². The first-order chi connectivity index (χ1) is 9.81. The van der Waals surface area contributed by atoms with Crippen molar-refractivity contribution in [3.8, 4) is 0 Å². The SMILES string of the molecule is [CH2]=[Zr]([C]1=Cc2ccccc2C1)[C]1=Cc2ccccc2C1. The number of allylic oxidation sites excluding steroid dienone is 2. The number of benzene rings is 2. The summed E-state index contributed by atoms with van der Waals surface area (Å²) in [5.74, 6) is 0. The zero-order chi connectivity index (χ0) is 13.5. The molecule has 0 amide bonds. The summed E-state index contributed by atoms with van der Waals surface area (Å²) in [6, 6.07) is 17.5. The van der Waals surface area contributed by atoms with Crippen molar-refractivity contribution in [2.24, 2.45) is 0 Å². The molecule has 0 aromatic heterocycles. The molecule has 0 saturated carbocycles. The fraction of sp³-hybridized carbons (Fsp3) is 0.105. The van der Waals surface area contributed by atoms with Gasteiger partial charge in [-0.25, -0.2) is 0 Å². The van der Waals surface area contributed by atoms with Crippen LogP contribution in [-0.2, 0) is 34.1 Å². The topological polar surface area (TPSA) is 0 Å². The first-order valence-electron chi connectivity index (χ1n) is 7.08. The molecule has 0 aliphatic heterocycles. The third-order valence-electron chi connectivity index (χ3n) is 4.31. The molecule has 20 heavy (non-hydrogen) atoms. The van der Waals surface area contributed by atoms with Crippen LogP contribution in [0.4, 0.5) is 0 Å². The molecule has 0 nitrogen and oxygen atoms in total. The minimum atomic E-state index is -1.84. The van der Waals surface area contributed by atoms with Crippen molar-refractivity contribution < 1.29 is 21.3 Å². The van der Waals surface area contributed by atoms with E-state index in [1.807, 2.05) is 0 Å². The van der Waals surface area contributed by atoms with Crippen LogP contribution in [0.25, 0.3) is 12.2 Å². The van der Waals surface area contributed by atoms with E-state index >= 15 is 0 Å². The molecular formula is C19H16Zr. The fourth-order valence-corrected chi connectivity index (χ4v) is 7.77. The molecule has 0 heterocycles. The Balaban J connectivity index is 1.63. The first kappa shape index (κ1) is 12.4. The molecule has 2 aromatic rings. The van der Waals surface area contributed by atoms with Crippen LogP contribution in [0.3, 0.4) is 0 Å². The van der Waals surface area contributed by atoms with Gasteiger partial charge in [-0.05, 0) is 0 Å². The van der Waals surface area contributed by atoms with Gasteiger partial charge in [-0.1, -0.05) is 0 Å². The third kappa shape index (κ3) is 2.05. The fourth-order valence-electron chi connectivity index (χ4n) is 3.15. The Morgan fingerprint density at radius 3 is 1.60 bits per heavy atom. The van der Waals surface area contributed by atoms with E-state index in [1.54, 1.807) is 6.56 Å². The molecular weight excluding hydrogens is 319 g/mol. The van der Waals surface area contributed by atoms with Gasteiger partial charge in [0.1, 0.15) is 0 Å². The van der Waals surface area contributed by atoms with Crippen LogP contribution >= 0.6 is 0 Å². The summed E-state index contributed by atoms with van der Waals surface area (Å²) in [6.07, 6.45) is 7.12. The van der Waals surface area contributed by atoms with Gasteiger partial charge in [0.2, 0.25) is 0 Å². The molecule has 2 aliphatic carbocycles. The molecule has 0 bridgehead atoms. The third-order valence-corrected chi connectivity index (χ3v) is 9.70. The molecule has 0 atom stereocenters. The van der Waals surface area contributed by atoms with Crippen molar-refractivity contribution in [3.05, 3.63) is 77.3 Å². The second-order valence-corrected chi connectivity index (χ2v) is 11.1. The molecule has 1 heteroatoms. The van der Waals surface area contributed by atoms with E-state index in [4.69, 9.17) is 0 Å². The van der Waals surface area contributed by atoms with Gasteiger partial charge >= 0.3 is 128 Å². The van der Waals surface area contributed by atoms with Crippen LogP contribution in [0, 0.1) is 0 Å². The van der Waals surface area contributed by atoms with Crippen molar-refractivity contribution in [2.75, 3.05) is 0 Å². The first-order valence-corrected chi connectivity index (χ1v) is 11.3. The van der Waals surface area contributed by atoms with Gasteiger partial charge in [0.25, 0.3) is 0 Å². The van der Waals surface area contributed by atoms with E-state index in [1.165, 1.54) is 22.3 Å². The zero-order valence-corrected chi connectivity index (χ0v) is 13.9. The van der Waals surface area contributed by atoms with E-state index in [9.17, 15) is 0 Å². The Bertz CT molecular complexity index is 712. The van der Waals surface area contributed by atoms with Crippen LogP contribution in [-0.4, -0.2) is 4.21 Å². The monoisotopic (exact) mass is 334 g/mol. The number of rotatable bonds is 2. The molecule has 4 rings (SSSR count). The predicted molar refractivity (Wildman–Crippen MR) is 83.4 cm³/mol. The maximum atomic E-state index is 4.63. The summed E-state index contributed by atoms with van der Waals surface area (Å²) in [5.41, 5.74) is 5.81. The second kappa shape index (κ2) is 4.90. The summed E-state index contributed by atoms with van der Waals surface area (Å²) in [7, 11) is 0. The Morgan fingerprint density at radius 2 is 1.15 bits per heavy atom. The predicted octanol–water partition coefficient (Wildman–Crippen LogP) is 4.23. The number of hydrogen-bond donors (Lipinski definition) is 0. The average molecular weight is 336 g/mol. The maximum absolute atomic E-state index is 4.63. The summed E-state index contributed by atoms with van der Waals surface area (Å²) in [6.45, 7) is 0. The standard InChI is InChI=1S/2C9H7.CH2.Zr/c2*1-2-5-9-7-3-6-8(9)4-1;;/h2*1-2,4-6H,7H2;1H2;. The molecule has 2 aromatic carbocycles. The summed E-state index contributed by atoms with van der Waals surface area (Å²) >= 11 is -1.84. The van der Waals surface area contributed by atoms with Crippen LogP contribution in [0.2, 0.25) is 0 Å². The molecule has 0 fully saturated rings. The van der Waals surface area contributed by atoms with Crippen LogP contribution in [0.15, 0.2) is 55.1 Å². The van der Waals surface area contributed by atoms with Crippen molar-refractivity contribution >= 4 is 16.4 Å². The molecule has 0 unspecified atom stereocenters. The normalized spacial score (nSPS) is 15.4. The van der Waals surface area contributed by atoms with E-state index in [0.717, 1.165) is 12.8 Å². The summed E-state index contributed by atoms with van der Waals surface area (Å²) in [4.78, 5) is 0. The number of hydrogen-bond acceptors (Lipinski definition) is 0. The van der Waals surface area contributed by atoms with Gasteiger partial charge < -0.3 is 0 Å². The van der Waals surface area contributed by atoms with Gasteiger partial charge in [0.15, 0.2) is 0 Å². The van der Waals surface area contributed by atoms with Crippen molar-refractivity contribution in [3.63, 3.8) is 0 Å². The molecule has 2 aliphatic rings. The van der Waals surface area contributed by atoms with Crippen LogP contribution < -0.4 is 0 Å². The van der Waals surface area contributed by atoms with E-state index in [-0.39, 0.29) is 0 Å². The van der Waals surface area contributed by atoms with E-state index < -0.39 is 21.3 Å². The van der Waals surface area contributed by atoms with Gasteiger partial charge in [-0.2, -0.15) is 0 Å². The Hall–Kier alpha value is -1.33. The molecule has 0 radical (unpaired) electrons. The van der Waals surface area contributed by atoms with Gasteiger partial charge in [0.05, 0.1) is 0 Å². The summed E-state index contributed by atoms with van der Waals surface area (Å²) in [5, 5.41) is 0. The minimum absolute atomic E-state index is 1.14.